The second-order valence-electron chi connectivity index (χ2n) is 2.77. The molecule has 1 aromatic carbocycles. The molecular formula is C8H12O2P2. The Labute approximate surface area is 76.4 Å². The van der Waals surface area contributed by atoms with Crippen LogP contribution in [0.3, 0.4) is 0 Å². The highest BCUT2D eigenvalue weighted by Gasteiger charge is 2.12. The molecule has 4 heteroatoms. The molecule has 0 saturated heterocycles. The Morgan fingerprint density at radius 3 is 1.83 bits per heavy atom. The maximum absolute atomic E-state index is 9.42. The molecule has 1 aromatic rings. The average Bonchev–Trinajstić information content (AvgIpc) is 2.08. The molecule has 2 atom stereocenters. The van der Waals surface area contributed by atoms with Crippen molar-refractivity contribution in [3.05, 3.63) is 11.1 Å². The van der Waals surface area contributed by atoms with Gasteiger partial charge in [0.1, 0.15) is 0 Å². The normalized spacial score (nSPS) is 10.3. The van der Waals surface area contributed by atoms with E-state index in [0.29, 0.717) is 10.9 Å². The Bertz CT molecular complexity index is 229. The smallest absolute Gasteiger partial charge is 0.165 e. The lowest BCUT2D eigenvalue weighted by Crippen LogP contribution is -2.12. The van der Waals surface area contributed by atoms with Crippen molar-refractivity contribution in [2.45, 2.75) is 13.8 Å². The van der Waals surface area contributed by atoms with E-state index >= 15 is 0 Å². The van der Waals surface area contributed by atoms with Gasteiger partial charge in [-0.2, -0.15) is 0 Å². The van der Waals surface area contributed by atoms with Gasteiger partial charge in [0.2, 0.25) is 0 Å². The Balaban J connectivity index is 3.60. The molecule has 0 spiro atoms. The van der Waals surface area contributed by atoms with Crippen molar-refractivity contribution < 1.29 is 10.2 Å². The topological polar surface area (TPSA) is 40.5 Å². The molecular weight excluding hydrogens is 190 g/mol. The van der Waals surface area contributed by atoms with E-state index in [1.165, 1.54) is 0 Å². The quantitative estimate of drug-likeness (QED) is 0.480. The van der Waals surface area contributed by atoms with Gasteiger partial charge in [-0.3, -0.25) is 0 Å². The number of phenols is 2. The third-order valence-electron chi connectivity index (χ3n) is 2.05. The van der Waals surface area contributed by atoms with Gasteiger partial charge in [-0.1, -0.05) is 0 Å². The summed E-state index contributed by atoms with van der Waals surface area (Å²) < 4.78 is 0. The second kappa shape index (κ2) is 3.20. The van der Waals surface area contributed by atoms with Crippen LogP contribution < -0.4 is 10.6 Å². The number of benzene rings is 1. The molecule has 2 nitrogen and oxygen atoms in total. The van der Waals surface area contributed by atoms with Crippen LogP contribution in [0.1, 0.15) is 11.1 Å². The first-order valence-corrected chi connectivity index (χ1v) is 4.68. The van der Waals surface area contributed by atoms with Crippen molar-refractivity contribution in [1.82, 2.24) is 0 Å². The van der Waals surface area contributed by atoms with Crippen molar-refractivity contribution in [3.8, 4) is 11.5 Å². The van der Waals surface area contributed by atoms with Gasteiger partial charge in [-0.05, 0) is 24.7 Å². The first-order chi connectivity index (χ1) is 5.46. The maximum atomic E-state index is 9.42. The van der Waals surface area contributed by atoms with Crippen LogP contribution in [0.25, 0.3) is 0 Å². The molecule has 12 heavy (non-hydrogen) atoms. The van der Waals surface area contributed by atoms with Crippen molar-refractivity contribution >= 4 is 29.1 Å². The van der Waals surface area contributed by atoms with Gasteiger partial charge < -0.3 is 10.2 Å². The fourth-order valence-electron chi connectivity index (χ4n) is 1.04. The highest BCUT2D eigenvalue weighted by Crippen LogP contribution is 2.29. The van der Waals surface area contributed by atoms with E-state index in [9.17, 15) is 10.2 Å². The largest absolute Gasteiger partial charge is 0.504 e. The molecule has 2 unspecified atom stereocenters. The number of hydrogen-bond acceptors (Lipinski definition) is 2. The minimum absolute atomic E-state index is 0.0319. The molecule has 0 heterocycles. The first kappa shape index (κ1) is 9.77. The molecule has 66 valence electrons. The second-order valence-corrected chi connectivity index (χ2v) is 3.93. The summed E-state index contributed by atoms with van der Waals surface area (Å²) in [5.74, 6) is -0.0724. The lowest BCUT2D eigenvalue weighted by molar-refractivity contribution is 0.404. The lowest BCUT2D eigenvalue weighted by Gasteiger charge is -2.12. The van der Waals surface area contributed by atoms with Crippen LogP contribution in [0.4, 0.5) is 0 Å². The molecule has 0 aliphatic carbocycles. The van der Waals surface area contributed by atoms with Gasteiger partial charge in [0, 0.05) is 10.9 Å². The van der Waals surface area contributed by atoms with Gasteiger partial charge in [0.15, 0.2) is 11.5 Å². The maximum Gasteiger partial charge on any atom is 0.165 e. The third kappa shape index (κ3) is 1.30. The summed E-state index contributed by atoms with van der Waals surface area (Å²) >= 11 is 0. The Hall–Kier alpha value is -0.320. The van der Waals surface area contributed by atoms with Crippen LogP contribution in [0.5, 0.6) is 11.5 Å². The molecule has 0 aliphatic heterocycles. The van der Waals surface area contributed by atoms with E-state index in [-0.39, 0.29) is 11.5 Å². The Morgan fingerprint density at radius 1 is 0.833 bits per heavy atom. The van der Waals surface area contributed by atoms with E-state index in [0.717, 1.165) is 10.9 Å². The molecule has 0 bridgehead atoms. The summed E-state index contributed by atoms with van der Waals surface area (Å²) in [5.41, 5.74) is 1.68. The van der Waals surface area contributed by atoms with Gasteiger partial charge in [0.25, 0.3) is 0 Å². The van der Waals surface area contributed by atoms with Gasteiger partial charge >= 0.3 is 0 Å². The van der Waals surface area contributed by atoms with Crippen molar-refractivity contribution in [1.29, 1.82) is 0 Å². The van der Waals surface area contributed by atoms with Gasteiger partial charge in [-0.15, -0.1) is 18.5 Å². The molecule has 0 aromatic heterocycles. The minimum Gasteiger partial charge on any atom is -0.504 e. The molecule has 0 saturated carbocycles. The zero-order chi connectivity index (χ0) is 9.46. The lowest BCUT2D eigenvalue weighted by atomic mass is 10.1. The highest BCUT2D eigenvalue weighted by molar-refractivity contribution is 7.30. The van der Waals surface area contributed by atoms with E-state index in [1.54, 1.807) is 6.92 Å². The zero-order valence-corrected chi connectivity index (χ0v) is 9.36. The van der Waals surface area contributed by atoms with Crippen molar-refractivity contribution in [3.63, 3.8) is 0 Å². The first-order valence-electron chi connectivity index (χ1n) is 3.52. The summed E-state index contributed by atoms with van der Waals surface area (Å²) in [6.45, 7) is 3.67. The Kier molecular flexibility index (Phi) is 2.61. The fourth-order valence-corrected chi connectivity index (χ4v) is 1.79. The number of rotatable bonds is 0. The SMILES string of the molecule is Cc1c(O)c(O)c(P)c(C)c1P. The molecule has 0 amide bonds. The van der Waals surface area contributed by atoms with E-state index < -0.39 is 0 Å². The van der Waals surface area contributed by atoms with E-state index in [4.69, 9.17) is 0 Å². The number of hydrogen-bond donors (Lipinski definition) is 2. The van der Waals surface area contributed by atoms with Crippen LogP contribution in [-0.2, 0) is 0 Å². The van der Waals surface area contributed by atoms with Crippen LogP contribution in [0.2, 0.25) is 0 Å². The molecule has 2 N–H and O–H groups in total. The average molecular weight is 202 g/mol. The predicted octanol–water partition coefficient (Wildman–Crippen LogP) is 0.715. The predicted molar refractivity (Wildman–Crippen MR) is 57.9 cm³/mol. The summed E-state index contributed by atoms with van der Waals surface area (Å²) in [6, 6.07) is 0. The van der Waals surface area contributed by atoms with Gasteiger partial charge in [0.05, 0.1) is 0 Å². The summed E-state index contributed by atoms with van der Waals surface area (Å²) in [7, 11) is 4.96. The van der Waals surface area contributed by atoms with Crippen molar-refractivity contribution in [2.75, 3.05) is 0 Å². The molecule has 0 aliphatic rings. The fraction of sp³-hybridized carbons (Fsp3) is 0.250. The molecule has 0 radical (unpaired) electrons. The highest BCUT2D eigenvalue weighted by atomic mass is 31.0. The third-order valence-corrected chi connectivity index (χ3v) is 3.62. The summed E-state index contributed by atoms with van der Waals surface area (Å²) in [6.07, 6.45) is 0. The van der Waals surface area contributed by atoms with E-state index in [2.05, 4.69) is 18.5 Å². The number of phenolic OH excluding ortho intramolecular Hbond substituents is 2. The minimum atomic E-state index is -0.0406. The van der Waals surface area contributed by atoms with Gasteiger partial charge in [-0.25, -0.2) is 0 Å². The zero-order valence-electron chi connectivity index (χ0n) is 7.05. The van der Waals surface area contributed by atoms with E-state index in [1.807, 2.05) is 6.92 Å². The Morgan fingerprint density at radius 2 is 1.33 bits per heavy atom. The van der Waals surface area contributed by atoms with Crippen LogP contribution >= 0.6 is 18.5 Å². The standard InChI is InChI=1S/C8H12O2P2/c1-3-5(9)6(10)8(12)4(2)7(3)11/h9-10H,11-12H2,1-2H3. The summed E-state index contributed by atoms with van der Waals surface area (Å²) in [4.78, 5) is 0. The summed E-state index contributed by atoms with van der Waals surface area (Å²) in [5, 5.41) is 20.4. The number of aromatic hydroxyl groups is 2. The van der Waals surface area contributed by atoms with Crippen LogP contribution in [0.15, 0.2) is 0 Å². The monoisotopic (exact) mass is 202 g/mol. The van der Waals surface area contributed by atoms with Crippen molar-refractivity contribution in [2.24, 2.45) is 0 Å². The van der Waals surface area contributed by atoms with Crippen LogP contribution in [0, 0.1) is 13.8 Å². The molecule has 0 fully saturated rings. The molecule has 1 rings (SSSR count). The van der Waals surface area contributed by atoms with Crippen LogP contribution in [-0.4, -0.2) is 10.2 Å².